The van der Waals surface area contributed by atoms with Crippen LogP contribution in [-0.4, -0.2) is 45.8 Å². The number of fused-ring (bicyclic) bond motifs is 1. The molecular weight excluding hydrogens is 316 g/mol. The quantitative estimate of drug-likeness (QED) is 0.863. The van der Waals surface area contributed by atoms with E-state index in [1.54, 1.807) is 24.3 Å². The lowest BCUT2D eigenvalue weighted by atomic mass is 10.1. The van der Waals surface area contributed by atoms with Crippen LogP contribution in [0.4, 0.5) is 0 Å². The monoisotopic (exact) mass is 338 g/mol. The van der Waals surface area contributed by atoms with E-state index in [4.69, 9.17) is 10.00 Å². The number of benzene rings is 1. The van der Waals surface area contributed by atoms with Gasteiger partial charge in [-0.05, 0) is 36.2 Å². The average Bonchev–Trinajstić information content (AvgIpc) is 2.66. The fourth-order valence-corrected chi connectivity index (χ4v) is 2.89. The molecule has 6 heteroatoms. The minimum atomic E-state index is -0.579. The predicted octanol–water partition coefficient (Wildman–Crippen LogP) is 1.71. The zero-order valence-electron chi connectivity index (χ0n) is 14.4. The maximum absolute atomic E-state index is 10.3. The summed E-state index contributed by atoms with van der Waals surface area (Å²) in [6, 6.07) is 8.96. The largest absolute Gasteiger partial charge is 0.491 e. The molecule has 1 N–H and O–H groups in total. The maximum Gasteiger partial charge on any atom is 0.128 e. The number of nitriles is 1. The smallest absolute Gasteiger partial charge is 0.128 e. The molecule has 0 amide bonds. The molecule has 0 aliphatic carbocycles. The number of ether oxygens (including phenoxy) is 1. The zero-order valence-corrected chi connectivity index (χ0v) is 14.4. The van der Waals surface area contributed by atoms with E-state index in [-0.39, 0.29) is 6.61 Å². The molecule has 1 unspecified atom stereocenters. The van der Waals surface area contributed by atoms with Gasteiger partial charge in [-0.1, -0.05) is 6.92 Å². The van der Waals surface area contributed by atoms with E-state index < -0.39 is 6.10 Å². The molecule has 1 atom stereocenters. The van der Waals surface area contributed by atoms with Gasteiger partial charge in [-0.15, -0.1) is 0 Å². The van der Waals surface area contributed by atoms with Gasteiger partial charge in [0.2, 0.25) is 0 Å². The van der Waals surface area contributed by atoms with E-state index in [0.29, 0.717) is 17.9 Å². The van der Waals surface area contributed by atoms with E-state index >= 15 is 0 Å². The Bertz CT molecular complexity index is 755. The molecule has 2 heterocycles. The van der Waals surface area contributed by atoms with Crippen LogP contribution in [0, 0.1) is 11.3 Å². The molecule has 25 heavy (non-hydrogen) atoms. The van der Waals surface area contributed by atoms with E-state index in [1.807, 2.05) is 13.1 Å². The number of aryl methyl sites for hydroxylation is 1. The third-order valence-electron chi connectivity index (χ3n) is 4.29. The number of hydrogen-bond donors (Lipinski definition) is 1. The lowest BCUT2D eigenvalue weighted by molar-refractivity contribution is 0.0631. The van der Waals surface area contributed by atoms with Crippen LogP contribution in [0.15, 0.2) is 30.5 Å². The highest BCUT2D eigenvalue weighted by Crippen LogP contribution is 2.17. The molecule has 3 rings (SSSR count). The Morgan fingerprint density at radius 3 is 2.88 bits per heavy atom. The maximum atomic E-state index is 10.3. The Hall–Kier alpha value is -2.49. The molecule has 130 valence electrons. The molecule has 1 aliphatic heterocycles. The van der Waals surface area contributed by atoms with Crippen LogP contribution in [0.3, 0.4) is 0 Å². The van der Waals surface area contributed by atoms with Crippen LogP contribution >= 0.6 is 0 Å². The van der Waals surface area contributed by atoms with E-state index in [0.717, 1.165) is 37.4 Å². The van der Waals surface area contributed by atoms with Crippen molar-refractivity contribution in [2.75, 3.05) is 19.7 Å². The van der Waals surface area contributed by atoms with E-state index in [1.165, 1.54) is 5.56 Å². The second kappa shape index (κ2) is 8.06. The van der Waals surface area contributed by atoms with Gasteiger partial charge in [0.15, 0.2) is 0 Å². The second-order valence-corrected chi connectivity index (χ2v) is 6.20. The van der Waals surface area contributed by atoms with Crippen LogP contribution in [0.5, 0.6) is 5.75 Å². The van der Waals surface area contributed by atoms with Crippen LogP contribution in [-0.2, 0) is 19.4 Å². The average molecular weight is 338 g/mol. The van der Waals surface area contributed by atoms with Gasteiger partial charge in [0, 0.05) is 32.3 Å². The molecule has 1 aromatic carbocycles. The highest BCUT2D eigenvalue weighted by molar-refractivity contribution is 5.34. The zero-order chi connectivity index (χ0) is 17.6. The molecule has 0 saturated heterocycles. The predicted molar refractivity (Wildman–Crippen MR) is 93.0 cm³/mol. The Labute approximate surface area is 147 Å². The standard InChI is InChI=1S/C19H22N4O2/c1-2-19-21-10-15-7-8-23(12-18(15)22-19)11-16(24)13-25-17-5-3-14(9-20)4-6-17/h3-6,10,16,24H,2,7-8,11-13H2,1H3. The highest BCUT2D eigenvalue weighted by Gasteiger charge is 2.20. The fourth-order valence-electron chi connectivity index (χ4n) is 2.89. The summed E-state index contributed by atoms with van der Waals surface area (Å²) in [6.45, 7) is 4.43. The van der Waals surface area contributed by atoms with Crippen molar-refractivity contribution >= 4 is 0 Å². The van der Waals surface area contributed by atoms with Crippen LogP contribution in [0.25, 0.3) is 0 Å². The summed E-state index contributed by atoms with van der Waals surface area (Å²) in [4.78, 5) is 11.2. The lowest BCUT2D eigenvalue weighted by Crippen LogP contribution is -2.39. The van der Waals surface area contributed by atoms with Gasteiger partial charge in [0.05, 0.1) is 17.3 Å². The third kappa shape index (κ3) is 4.53. The molecule has 2 aromatic rings. The number of nitrogens with zero attached hydrogens (tertiary/aromatic N) is 4. The summed E-state index contributed by atoms with van der Waals surface area (Å²) in [6.07, 6.45) is 3.09. The van der Waals surface area contributed by atoms with Gasteiger partial charge in [-0.3, -0.25) is 4.90 Å². The van der Waals surface area contributed by atoms with Gasteiger partial charge in [0.1, 0.15) is 24.3 Å². The molecule has 0 bridgehead atoms. The van der Waals surface area contributed by atoms with Gasteiger partial charge >= 0.3 is 0 Å². The number of aliphatic hydroxyl groups is 1. The molecular formula is C19H22N4O2. The van der Waals surface area contributed by atoms with Crippen molar-refractivity contribution in [3.8, 4) is 11.8 Å². The first-order valence-corrected chi connectivity index (χ1v) is 8.55. The van der Waals surface area contributed by atoms with Gasteiger partial charge in [0.25, 0.3) is 0 Å². The minimum Gasteiger partial charge on any atom is -0.491 e. The molecule has 0 spiro atoms. The van der Waals surface area contributed by atoms with E-state index in [9.17, 15) is 5.11 Å². The number of aliphatic hydroxyl groups excluding tert-OH is 1. The van der Waals surface area contributed by atoms with Crippen molar-refractivity contribution in [3.05, 3.63) is 53.1 Å². The van der Waals surface area contributed by atoms with Crippen molar-refractivity contribution < 1.29 is 9.84 Å². The Balaban J connectivity index is 1.51. The van der Waals surface area contributed by atoms with Crippen molar-refractivity contribution in [2.24, 2.45) is 0 Å². The first-order chi connectivity index (χ1) is 12.2. The topological polar surface area (TPSA) is 82.3 Å². The van der Waals surface area contributed by atoms with Crippen LogP contribution in [0.2, 0.25) is 0 Å². The summed E-state index contributed by atoms with van der Waals surface area (Å²) in [5.41, 5.74) is 2.86. The Morgan fingerprint density at radius 2 is 2.16 bits per heavy atom. The number of rotatable bonds is 6. The van der Waals surface area contributed by atoms with Crippen LogP contribution in [0.1, 0.15) is 29.6 Å². The summed E-state index contributed by atoms with van der Waals surface area (Å²) in [7, 11) is 0. The lowest BCUT2D eigenvalue weighted by Gasteiger charge is -2.29. The van der Waals surface area contributed by atoms with Crippen molar-refractivity contribution in [1.82, 2.24) is 14.9 Å². The highest BCUT2D eigenvalue weighted by atomic mass is 16.5. The second-order valence-electron chi connectivity index (χ2n) is 6.20. The van der Waals surface area contributed by atoms with E-state index in [2.05, 4.69) is 20.9 Å². The summed E-state index contributed by atoms with van der Waals surface area (Å²) >= 11 is 0. The molecule has 0 saturated carbocycles. The molecule has 6 nitrogen and oxygen atoms in total. The van der Waals surface area contributed by atoms with Crippen molar-refractivity contribution in [3.63, 3.8) is 0 Å². The fraction of sp³-hybridized carbons (Fsp3) is 0.421. The minimum absolute atomic E-state index is 0.221. The van der Waals surface area contributed by atoms with Crippen molar-refractivity contribution in [2.45, 2.75) is 32.4 Å². The molecule has 0 radical (unpaired) electrons. The summed E-state index contributed by atoms with van der Waals surface area (Å²) in [5, 5.41) is 19.0. The summed E-state index contributed by atoms with van der Waals surface area (Å²) < 4.78 is 5.60. The molecule has 1 aliphatic rings. The number of hydrogen-bond acceptors (Lipinski definition) is 6. The molecule has 0 fully saturated rings. The Morgan fingerprint density at radius 1 is 1.36 bits per heavy atom. The number of aromatic nitrogens is 2. The van der Waals surface area contributed by atoms with Gasteiger partial charge < -0.3 is 9.84 Å². The normalized spacial score (nSPS) is 15.2. The van der Waals surface area contributed by atoms with Crippen LogP contribution < -0.4 is 4.74 Å². The first kappa shape index (κ1) is 17.3. The summed E-state index contributed by atoms with van der Waals surface area (Å²) in [5.74, 6) is 1.52. The third-order valence-corrected chi connectivity index (χ3v) is 4.29. The Kier molecular flexibility index (Phi) is 5.59. The number of β-amino-alcohol motifs (C(OH)–C–C–N with tert-alkyl or cyclic N) is 1. The van der Waals surface area contributed by atoms with Crippen molar-refractivity contribution in [1.29, 1.82) is 5.26 Å². The first-order valence-electron chi connectivity index (χ1n) is 8.55. The molecule has 1 aromatic heterocycles. The van der Waals surface area contributed by atoms with Gasteiger partial charge in [-0.25, -0.2) is 9.97 Å². The van der Waals surface area contributed by atoms with Gasteiger partial charge in [-0.2, -0.15) is 5.26 Å². The SMILES string of the molecule is CCc1ncc2c(n1)CN(CC(O)COc1ccc(C#N)cc1)CC2.